The molecule has 0 saturated heterocycles. The molecule has 0 aliphatic carbocycles. The maximum atomic E-state index is 11.4. The number of carbonyl (C=O) groups excluding carboxylic acids is 2. The highest BCUT2D eigenvalue weighted by atomic mass is 16.1. The van der Waals surface area contributed by atoms with Crippen molar-refractivity contribution in [1.29, 1.82) is 0 Å². The van der Waals surface area contributed by atoms with Crippen LogP contribution in [0.1, 0.15) is 16.7 Å². The second-order valence-corrected chi connectivity index (χ2v) is 6.93. The van der Waals surface area contributed by atoms with Crippen LogP contribution in [0.4, 0.5) is 5.69 Å². The molecule has 2 aromatic carbocycles. The van der Waals surface area contributed by atoms with E-state index in [1.165, 1.54) is 0 Å². The van der Waals surface area contributed by atoms with E-state index in [9.17, 15) is 9.59 Å². The van der Waals surface area contributed by atoms with E-state index >= 15 is 0 Å². The van der Waals surface area contributed by atoms with E-state index in [4.69, 9.17) is 11.5 Å². The summed E-state index contributed by atoms with van der Waals surface area (Å²) in [6.45, 7) is 0.455. The van der Waals surface area contributed by atoms with Gasteiger partial charge in [-0.2, -0.15) is 0 Å². The molecular formula is C22H21N5O2. The summed E-state index contributed by atoms with van der Waals surface area (Å²) in [4.78, 5) is 27.1. The van der Waals surface area contributed by atoms with Crippen LogP contribution in [0.5, 0.6) is 0 Å². The lowest BCUT2D eigenvalue weighted by molar-refractivity contribution is -0.118. The zero-order valence-electron chi connectivity index (χ0n) is 15.8. The first-order valence-electron chi connectivity index (χ1n) is 9.26. The number of hydrogen-bond donors (Lipinski definition) is 2. The zero-order chi connectivity index (χ0) is 20.4. The van der Waals surface area contributed by atoms with Crippen molar-refractivity contribution in [2.45, 2.75) is 12.8 Å². The molecule has 2 heterocycles. The van der Waals surface area contributed by atoms with Crippen LogP contribution >= 0.6 is 0 Å². The summed E-state index contributed by atoms with van der Waals surface area (Å²) in [5.41, 5.74) is 15.4. The lowest BCUT2D eigenvalue weighted by Crippen LogP contribution is -2.38. The van der Waals surface area contributed by atoms with Crippen molar-refractivity contribution in [2.24, 2.45) is 16.5 Å². The van der Waals surface area contributed by atoms with Crippen molar-refractivity contribution >= 4 is 28.9 Å². The van der Waals surface area contributed by atoms with Gasteiger partial charge in [-0.3, -0.25) is 14.6 Å². The number of hydrazine groups is 1. The predicted molar refractivity (Wildman–Crippen MR) is 112 cm³/mol. The van der Waals surface area contributed by atoms with Gasteiger partial charge >= 0.3 is 0 Å². The largest absolute Gasteiger partial charge is 0.369 e. The molecule has 146 valence electrons. The molecule has 0 bridgehead atoms. The molecule has 0 atom stereocenters. The fraction of sp³-hybridized carbons (Fsp3) is 0.136. The summed E-state index contributed by atoms with van der Waals surface area (Å²) in [5.74, 6) is 0.105. The minimum absolute atomic E-state index is 0.179. The number of carbonyl (C=O) groups is 2. The van der Waals surface area contributed by atoms with Gasteiger partial charge in [0.1, 0.15) is 12.5 Å². The highest BCUT2D eigenvalue weighted by Gasteiger charge is 2.27. The quantitative estimate of drug-likeness (QED) is 0.788. The predicted octanol–water partition coefficient (Wildman–Crippen LogP) is 1.75. The summed E-state index contributed by atoms with van der Waals surface area (Å²) >= 11 is 0. The standard InChI is InChI=1S/C22H21N5O2/c23-20(28)11-15-5-7-16(8-6-15)17-9-10-26-22(13-17)25-14-27(26)19-4-2-1-3-18(19)12-21(24)29/h1-10,13H,11-12,14H2,(H2,23,28)(H2,24,29). The molecule has 2 aliphatic heterocycles. The van der Waals surface area contributed by atoms with E-state index in [2.05, 4.69) is 4.99 Å². The van der Waals surface area contributed by atoms with Gasteiger partial charge in [0.25, 0.3) is 0 Å². The molecule has 2 aromatic rings. The van der Waals surface area contributed by atoms with Gasteiger partial charge in [0.2, 0.25) is 11.8 Å². The van der Waals surface area contributed by atoms with E-state index < -0.39 is 0 Å². The van der Waals surface area contributed by atoms with Crippen LogP contribution in [0.15, 0.2) is 71.9 Å². The zero-order valence-corrected chi connectivity index (χ0v) is 15.8. The number of nitrogens with zero attached hydrogens (tertiary/aromatic N) is 3. The third-order valence-corrected chi connectivity index (χ3v) is 4.84. The molecule has 0 saturated carbocycles. The molecule has 0 fully saturated rings. The number of fused-ring (bicyclic) bond motifs is 1. The molecule has 7 nitrogen and oxygen atoms in total. The highest BCUT2D eigenvalue weighted by Crippen LogP contribution is 2.30. The van der Waals surface area contributed by atoms with Crippen LogP contribution in [0.3, 0.4) is 0 Å². The molecule has 7 heteroatoms. The van der Waals surface area contributed by atoms with Crippen molar-refractivity contribution in [1.82, 2.24) is 5.01 Å². The smallest absolute Gasteiger partial charge is 0.221 e. The summed E-state index contributed by atoms with van der Waals surface area (Å²) in [7, 11) is 0. The van der Waals surface area contributed by atoms with Crippen molar-refractivity contribution in [3.05, 3.63) is 83.6 Å². The van der Waals surface area contributed by atoms with Gasteiger partial charge in [-0.05, 0) is 40.5 Å². The second kappa shape index (κ2) is 7.63. The normalized spacial score (nSPS) is 15.0. The van der Waals surface area contributed by atoms with Gasteiger partial charge in [-0.1, -0.05) is 42.5 Å². The van der Waals surface area contributed by atoms with Crippen LogP contribution in [-0.4, -0.2) is 29.3 Å². The van der Waals surface area contributed by atoms with Crippen LogP contribution < -0.4 is 16.5 Å². The Kier molecular flexibility index (Phi) is 4.87. The Morgan fingerprint density at radius 1 is 0.966 bits per heavy atom. The first-order valence-corrected chi connectivity index (χ1v) is 9.26. The number of amidine groups is 1. The van der Waals surface area contributed by atoms with E-state index in [1.807, 2.05) is 76.9 Å². The number of aliphatic imine (C=N–C) groups is 1. The van der Waals surface area contributed by atoms with Crippen molar-refractivity contribution in [3.63, 3.8) is 0 Å². The van der Waals surface area contributed by atoms with Gasteiger partial charge in [-0.25, -0.2) is 10.0 Å². The first kappa shape index (κ1) is 18.5. The minimum Gasteiger partial charge on any atom is -0.369 e. The fourth-order valence-electron chi connectivity index (χ4n) is 3.50. The van der Waals surface area contributed by atoms with Crippen LogP contribution in [-0.2, 0) is 22.4 Å². The molecule has 4 rings (SSSR count). The third-order valence-electron chi connectivity index (χ3n) is 4.84. The Hall–Kier alpha value is -3.87. The van der Waals surface area contributed by atoms with Crippen LogP contribution in [0.2, 0.25) is 0 Å². The summed E-state index contributed by atoms with van der Waals surface area (Å²) in [6, 6.07) is 15.4. The molecular weight excluding hydrogens is 366 g/mol. The lowest BCUT2D eigenvalue weighted by atomic mass is 10.0. The Morgan fingerprint density at radius 3 is 2.41 bits per heavy atom. The Labute approximate surface area is 168 Å². The number of benzene rings is 2. The monoisotopic (exact) mass is 387 g/mol. The number of para-hydroxylation sites is 1. The minimum atomic E-state index is -0.367. The van der Waals surface area contributed by atoms with Crippen molar-refractivity contribution in [3.8, 4) is 0 Å². The third kappa shape index (κ3) is 3.89. The number of allylic oxidation sites excluding steroid dienone is 2. The maximum absolute atomic E-state index is 11.4. The Morgan fingerprint density at radius 2 is 1.69 bits per heavy atom. The van der Waals surface area contributed by atoms with Crippen molar-refractivity contribution < 1.29 is 9.59 Å². The molecule has 0 aromatic heterocycles. The average Bonchev–Trinajstić information content (AvgIpc) is 3.11. The first-order chi connectivity index (χ1) is 14.0. The SMILES string of the molecule is NC(=O)Cc1ccc(C2=CC3=NCN(c4ccccc4CC(N)=O)N3C=C2)cc1. The van der Waals surface area contributed by atoms with Crippen LogP contribution in [0.25, 0.3) is 5.57 Å². The van der Waals surface area contributed by atoms with Crippen molar-refractivity contribution in [2.75, 3.05) is 11.7 Å². The maximum Gasteiger partial charge on any atom is 0.221 e. The van der Waals surface area contributed by atoms with Gasteiger partial charge in [0.05, 0.1) is 18.5 Å². The number of primary amides is 2. The van der Waals surface area contributed by atoms with E-state index in [1.54, 1.807) is 0 Å². The lowest BCUT2D eigenvalue weighted by Gasteiger charge is -2.31. The average molecular weight is 387 g/mol. The summed E-state index contributed by atoms with van der Waals surface area (Å²) < 4.78 is 0. The topological polar surface area (TPSA) is 105 Å². The second-order valence-electron chi connectivity index (χ2n) is 6.93. The van der Waals surface area contributed by atoms with E-state index in [-0.39, 0.29) is 24.7 Å². The van der Waals surface area contributed by atoms with E-state index in [0.29, 0.717) is 6.67 Å². The molecule has 2 amide bonds. The molecule has 2 aliphatic rings. The van der Waals surface area contributed by atoms with Gasteiger partial charge in [-0.15, -0.1) is 0 Å². The molecule has 0 unspecified atom stereocenters. The fourth-order valence-corrected chi connectivity index (χ4v) is 3.50. The molecule has 29 heavy (non-hydrogen) atoms. The summed E-state index contributed by atoms with van der Waals surface area (Å²) in [5, 5.41) is 3.97. The van der Waals surface area contributed by atoms with Crippen LogP contribution in [0, 0.1) is 0 Å². The highest BCUT2D eigenvalue weighted by molar-refractivity contribution is 6.05. The number of nitrogens with two attached hydrogens (primary N) is 2. The van der Waals surface area contributed by atoms with E-state index in [0.717, 1.165) is 33.8 Å². The Balaban J connectivity index is 1.55. The number of anilines is 1. The van der Waals surface area contributed by atoms with Gasteiger partial charge in [0.15, 0.2) is 0 Å². The van der Waals surface area contributed by atoms with Gasteiger partial charge in [0, 0.05) is 6.20 Å². The molecule has 4 N–H and O–H groups in total. The molecule has 0 radical (unpaired) electrons. The number of amides is 2. The molecule has 0 spiro atoms. The number of hydrogen-bond acceptors (Lipinski definition) is 5. The summed E-state index contributed by atoms with van der Waals surface area (Å²) in [6.07, 6.45) is 6.39. The van der Waals surface area contributed by atoms with Gasteiger partial charge < -0.3 is 11.5 Å². The number of rotatable bonds is 6. The Bertz CT molecular complexity index is 1050.